The summed E-state index contributed by atoms with van der Waals surface area (Å²) < 4.78 is 4.76. The maximum absolute atomic E-state index is 11.2. The van der Waals surface area contributed by atoms with E-state index in [1.807, 2.05) is 0 Å². The number of aliphatic carboxylic acids is 1. The summed E-state index contributed by atoms with van der Waals surface area (Å²) in [5.74, 6) is -2.53. The number of hydrogen-bond acceptors (Lipinski definition) is 4. The van der Waals surface area contributed by atoms with Gasteiger partial charge in [-0.1, -0.05) is 0 Å². The molecule has 2 atom stereocenters. The molecular weight excluding hydrogens is 174 g/mol. The van der Waals surface area contributed by atoms with E-state index in [1.54, 1.807) is 6.92 Å². The average molecular weight is 187 g/mol. The number of hydrogen-bond donors (Lipinski definition) is 2. The van der Waals surface area contributed by atoms with Crippen molar-refractivity contribution in [2.24, 2.45) is 11.8 Å². The minimum Gasteiger partial charge on any atom is -0.481 e. The Labute approximate surface area is 76.1 Å². The van der Waals surface area contributed by atoms with Gasteiger partial charge < -0.3 is 15.2 Å². The predicted molar refractivity (Wildman–Crippen MR) is 44.1 cm³/mol. The van der Waals surface area contributed by atoms with Gasteiger partial charge in [-0.2, -0.15) is 0 Å². The quantitative estimate of drug-likeness (QED) is 0.581. The highest BCUT2D eigenvalue weighted by Crippen LogP contribution is 2.18. The molecule has 0 saturated carbocycles. The molecule has 0 aromatic rings. The number of ether oxygens (including phenoxy) is 1. The van der Waals surface area contributed by atoms with Crippen LogP contribution in [0.2, 0.25) is 0 Å². The van der Waals surface area contributed by atoms with Gasteiger partial charge in [-0.25, -0.2) is 0 Å². The van der Waals surface area contributed by atoms with E-state index in [9.17, 15) is 9.59 Å². The molecule has 0 bridgehead atoms. The van der Waals surface area contributed by atoms with E-state index < -0.39 is 23.8 Å². The molecule has 13 heavy (non-hydrogen) atoms. The lowest BCUT2D eigenvalue weighted by Gasteiger charge is -2.12. The number of rotatable bonds is 3. The van der Waals surface area contributed by atoms with Crippen LogP contribution >= 0.6 is 0 Å². The van der Waals surface area contributed by atoms with Crippen LogP contribution in [0.1, 0.15) is 6.92 Å². The zero-order valence-electron chi connectivity index (χ0n) is 7.45. The molecule has 0 spiro atoms. The standard InChI is InChI=1S/C8H13NO4/c1-2-13-8(12)6-4-9-3-5(6)7(10)11/h5-6,9H,2-4H2,1H3,(H,10,11)/t5-,6-/m0/s1. The smallest absolute Gasteiger partial charge is 0.311 e. The Balaban J connectivity index is 2.57. The molecule has 1 rings (SSSR count). The van der Waals surface area contributed by atoms with Crippen molar-refractivity contribution in [3.8, 4) is 0 Å². The van der Waals surface area contributed by atoms with Crippen LogP contribution in [0, 0.1) is 11.8 Å². The van der Waals surface area contributed by atoms with E-state index in [-0.39, 0.29) is 0 Å². The summed E-state index contributed by atoms with van der Waals surface area (Å²) in [6.45, 7) is 2.74. The Morgan fingerprint density at radius 3 is 2.62 bits per heavy atom. The van der Waals surface area contributed by atoms with Crippen LogP contribution in [0.25, 0.3) is 0 Å². The minimum atomic E-state index is -0.942. The van der Waals surface area contributed by atoms with Gasteiger partial charge in [0.05, 0.1) is 18.4 Å². The van der Waals surface area contributed by atoms with Crippen molar-refractivity contribution in [3.05, 3.63) is 0 Å². The Bertz CT molecular complexity index is 216. The zero-order chi connectivity index (χ0) is 9.84. The fourth-order valence-corrected chi connectivity index (χ4v) is 1.44. The van der Waals surface area contributed by atoms with Gasteiger partial charge in [-0.15, -0.1) is 0 Å². The largest absolute Gasteiger partial charge is 0.481 e. The lowest BCUT2D eigenvalue weighted by Crippen LogP contribution is -2.29. The van der Waals surface area contributed by atoms with Crippen LogP contribution in [0.3, 0.4) is 0 Å². The highest BCUT2D eigenvalue weighted by atomic mass is 16.5. The van der Waals surface area contributed by atoms with Crippen LogP contribution in [0.4, 0.5) is 0 Å². The molecule has 1 aliphatic rings. The predicted octanol–water partition coefficient (Wildman–Crippen LogP) is -0.530. The minimum absolute atomic E-state index is 0.293. The molecule has 0 aliphatic carbocycles. The molecule has 5 nitrogen and oxygen atoms in total. The maximum atomic E-state index is 11.2. The number of esters is 1. The maximum Gasteiger partial charge on any atom is 0.311 e. The number of carboxylic acid groups (broad SMARTS) is 1. The van der Waals surface area contributed by atoms with Crippen molar-refractivity contribution < 1.29 is 19.4 Å². The molecule has 0 radical (unpaired) electrons. The van der Waals surface area contributed by atoms with Crippen molar-refractivity contribution in [2.75, 3.05) is 19.7 Å². The van der Waals surface area contributed by atoms with E-state index in [0.717, 1.165) is 0 Å². The van der Waals surface area contributed by atoms with Crippen molar-refractivity contribution in [3.63, 3.8) is 0 Å². The molecule has 0 amide bonds. The Hall–Kier alpha value is -1.10. The Kier molecular flexibility index (Phi) is 3.25. The van der Waals surface area contributed by atoms with Gasteiger partial charge in [-0.05, 0) is 6.92 Å². The summed E-state index contributed by atoms with van der Waals surface area (Å²) in [4.78, 5) is 21.9. The van der Waals surface area contributed by atoms with Gasteiger partial charge in [0.1, 0.15) is 0 Å². The van der Waals surface area contributed by atoms with E-state index in [4.69, 9.17) is 9.84 Å². The molecule has 74 valence electrons. The third-order valence-corrected chi connectivity index (χ3v) is 2.12. The molecule has 1 heterocycles. The molecule has 2 N–H and O–H groups in total. The van der Waals surface area contributed by atoms with E-state index in [0.29, 0.717) is 19.7 Å². The highest BCUT2D eigenvalue weighted by molar-refractivity contribution is 5.82. The molecule has 5 heteroatoms. The third-order valence-electron chi connectivity index (χ3n) is 2.12. The number of carbonyl (C=O) groups is 2. The Morgan fingerprint density at radius 1 is 1.46 bits per heavy atom. The monoisotopic (exact) mass is 187 g/mol. The first-order chi connectivity index (χ1) is 6.16. The van der Waals surface area contributed by atoms with E-state index in [1.165, 1.54) is 0 Å². The first kappa shape index (κ1) is 9.98. The molecular formula is C8H13NO4. The molecule has 0 aromatic heterocycles. The average Bonchev–Trinajstić information content (AvgIpc) is 2.52. The van der Waals surface area contributed by atoms with Crippen molar-refractivity contribution in [2.45, 2.75) is 6.92 Å². The summed E-state index contributed by atoms with van der Waals surface area (Å²) in [6, 6.07) is 0. The molecule has 0 aromatic carbocycles. The summed E-state index contributed by atoms with van der Waals surface area (Å²) >= 11 is 0. The van der Waals surface area contributed by atoms with Crippen molar-refractivity contribution in [1.29, 1.82) is 0 Å². The summed E-state index contributed by atoms with van der Waals surface area (Å²) in [7, 11) is 0. The second kappa shape index (κ2) is 4.23. The van der Waals surface area contributed by atoms with E-state index in [2.05, 4.69) is 5.32 Å². The lowest BCUT2D eigenvalue weighted by atomic mass is 9.96. The number of nitrogens with one attached hydrogen (secondary N) is 1. The first-order valence-corrected chi connectivity index (χ1v) is 4.27. The highest BCUT2D eigenvalue weighted by Gasteiger charge is 2.38. The van der Waals surface area contributed by atoms with Gasteiger partial charge >= 0.3 is 11.9 Å². The van der Waals surface area contributed by atoms with Gasteiger partial charge in [0.2, 0.25) is 0 Å². The molecule has 1 saturated heterocycles. The first-order valence-electron chi connectivity index (χ1n) is 4.27. The van der Waals surface area contributed by atoms with Gasteiger partial charge in [0.25, 0.3) is 0 Å². The van der Waals surface area contributed by atoms with Crippen LogP contribution < -0.4 is 5.32 Å². The number of carboxylic acids is 1. The van der Waals surface area contributed by atoms with Gasteiger partial charge in [0, 0.05) is 13.1 Å². The third kappa shape index (κ3) is 2.18. The zero-order valence-corrected chi connectivity index (χ0v) is 7.45. The van der Waals surface area contributed by atoms with Crippen LogP contribution in [0.5, 0.6) is 0 Å². The lowest BCUT2D eigenvalue weighted by molar-refractivity contribution is -0.155. The van der Waals surface area contributed by atoms with Gasteiger partial charge in [-0.3, -0.25) is 9.59 Å². The van der Waals surface area contributed by atoms with E-state index >= 15 is 0 Å². The summed E-state index contributed by atoms with van der Waals surface area (Å²) in [6.07, 6.45) is 0. The SMILES string of the molecule is CCOC(=O)[C@H]1CNC[C@@H]1C(=O)O. The fourth-order valence-electron chi connectivity index (χ4n) is 1.44. The second-order valence-corrected chi connectivity index (χ2v) is 2.96. The summed E-state index contributed by atoms with van der Waals surface area (Å²) in [5, 5.41) is 11.6. The Morgan fingerprint density at radius 2 is 2.08 bits per heavy atom. The van der Waals surface area contributed by atoms with Crippen LogP contribution in [0.15, 0.2) is 0 Å². The molecule has 0 unspecified atom stereocenters. The van der Waals surface area contributed by atoms with Crippen LogP contribution in [-0.2, 0) is 14.3 Å². The van der Waals surface area contributed by atoms with Crippen molar-refractivity contribution >= 4 is 11.9 Å². The molecule has 1 aliphatic heterocycles. The topological polar surface area (TPSA) is 75.6 Å². The van der Waals surface area contributed by atoms with Crippen molar-refractivity contribution in [1.82, 2.24) is 5.32 Å². The number of carbonyl (C=O) groups excluding carboxylic acids is 1. The van der Waals surface area contributed by atoms with Gasteiger partial charge in [0.15, 0.2) is 0 Å². The van der Waals surface area contributed by atoms with Crippen LogP contribution in [-0.4, -0.2) is 36.7 Å². The fraction of sp³-hybridized carbons (Fsp3) is 0.750. The summed E-state index contributed by atoms with van der Waals surface area (Å²) in [5.41, 5.74) is 0. The normalized spacial score (nSPS) is 27.2. The molecule has 1 fully saturated rings. The second-order valence-electron chi connectivity index (χ2n) is 2.96.